The van der Waals surface area contributed by atoms with E-state index in [1.165, 1.54) is 6.07 Å². The second-order valence-corrected chi connectivity index (χ2v) is 1.74. The summed E-state index contributed by atoms with van der Waals surface area (Å²) in [5.74, 6) is 0.0764. The molecule has 1 rings (SSSR count). The van der Waals surface area contributed by atoms with Gasteiger partial charge in [-0.1, -0.05) is 5.16 Å². The number of aliphatic hydroxyl groups excluding tert-OH is 1. The van der Waals surface area contributed by atoms with E-state index in [1.54, 1.807) is 6.92 Å². The molecule has 0 atom stereocenters. The highest BCUT2D eigenvalue weighted by molar-refractivity contribution is 5.03. The minimum absolute atomic E-state index is 0.0764. The van der Waals surface area contributed by atoms with Gasteiger partial charge in [0.15, 0.2) is 5.76 Å². The Kier molecular flexibility index (Phi) is 1.50. The highest BCUT2D eigenvalue weighted by Gasteiger charge is 2.06. The van der Waals surface area contributed by atoms with Gasteiger partial charge >= 0.3 is 0 Å². The fourth-order valence-electron chi connectivity index (χ4n) is 0.505. The number of aryl methyl sites for hydroxylation is 1. The second-order valence-electron chi connectivity index (χ2n) is 1.74. The normalized spacial score (nSPS) is 10.7. The topological polar surface area (TPSA) is 66.5 Å². The van der Waals surface area contributed by atoms with E-state index in [2.05, 4.69) is 9.68 Å². The van der Waals surface area contributed by atoms with Gasteiger partial charge in [-0.2, -0.15) is 0 Å². The molecule has 0 radical (unpaired) electrons. The lowest BCUT2D eigenvalue weighted by Crippen LogP contribution is -1.90. The number of aromatic nitrogens is 1. The van der Waals surface area contributed by atoms with Crippen LogP contribution in [0.4, 0.5) is 0 Å². The summed E-state index contributed by atoms with van der Waals surface area (Å²) < 4.78 is 4.48. The predicted molar refractivity (Wildman–Crippen MR) is 28.4 cm³/mol. The maximum absolute atomic E-state index is 8.46. The lowest BCUT2D eigenvalue weighted by molar-refractivity contribution is -0.0612. The molecular weight excluding hydrogens is 122 g/mol. The zero-order valence-corrected chi connectivity index (χ0v) is 4.90. The van der Waals surface area contributed by atoms with Crippen molar-refractivity contribution in [2.75, 3.05) is 0 Å². The van der Waals surface area contributed by atoms with E-state index in [0.29, 0.717) is 5.69 Å². The fraction of sp³-hybridized carbons (Fsp3) is 0.400. The molecule has 0 aromatic carbocycles. The van der Waals surface area contributed by atoms with Crippen molar-refractivity contribution in [2.24, 2.45) is 0 Å². The largest absolute Gasteiger partial charge is 0.362 e. The first-order valence-electron chi connectivity index (χ1n) is 2.49. The van der Waals surface area contributed by atoms with Gasteiger partial charge < -0.3 is 14.7 Å². The number of aliphatic hydroxyl groups is 2. The number of rotatable bonds is 1. The first kappa shape index (κ1) is 6.25. The molecule has 0 aliphatic carbocycles. The van der Waals surface area contributed by atoms with Crippen molar-refractivity contribution < 1.29 is 14.7 Å². The Morgan fingerprint density at radius 2 is 2.33 bits per heavy atom. The third-order valence-electron chi connectivity index (χ3n) is 0.901. The van der Waals surface area contributed by atoms with Crippen molar-refractivity contribution in [3.63, 3.8) is 0 Å². The van der Waals surface area contributed by atoms with Gasteiger partial charge in [-0.15, -0.1) is 0 Å². The molecule has 0 saturated heterocycles. The highest BCUT2D eigenvalue weighted by atomic mass is 16.5. The minimum Gasteiger partial charge on any atom is -0.362 e. The highest BCUT2D eigenvalue weighted by Crippen LogP contribution is 2.09. The smallest absolute Gasteiger partial charge is 0.215 e. The standard InChI is InChI=1S/C5H7NO3/c1-3-2-4(5(7)8)9-6-3/h2,5,7-8H,1H3. The van der Waals surface area contributed by atoms with Crippen LogP contribution in [0.5, 0.6) is 0 Å². The van der Waals surface area contributed by atoms with Crippen LogP contribution in [0.2, 0.25) is 0 Å². The zero-order chi connectivity index (χ0) is 6.85. The summed E-state index contributed by atoms with van der Waals surface area (Å²) in [6, 6.07) is 1.46. The molecule has 1 aromatic heterocycles. The molecule has 0 fully saturated rings. The average Bonchev–Trinajstić information content (AvgIpc) is 2.14. The lowest BCUT2D eigenvalue weighted by Gasteiger charge is -1.91. The van der Waals surface area contributed by atoms with Crippen LogP contribution < -0.4 is 0 Å². The summed E-state index contributed by atoms with van der Waals surface area (Å²) in [6.45, 7) is 1.70. The average molecular weight is 129 g/mol. The van der Waals surface area contributed by atoms with Crippen LogP contribution in [-0.2, 0) is 0 Å². The van der Waals surface area contributed by atoms with Gasteiger partial charge in [-0.3, -0.25) is 0 Å². The molecule has 4 nitrogen and oxygen atoms in total. The van der Waals surface area contributed by atoms with Crippen molar-refractivity contribution >= 4 is 0 Å². The summed E-state index contributed by atoms with van der Waals surface area (Å²) in [6.07, 6.45) is -1.55. The monoisotopic (exact) mass is 129 g/mol. The van der Waals surface area contributed by atoms with Crippen molar-refractivity contribution in [1.29, 1.82) is 0 Å². The van der Waals surface area contributed by atoms with Crippen LogP contribution in [-0.4, -0.2) is 15.4 Å². The summed E-state index contributed by atoms with van der Waals surface area (Å²) in [7, 11) is 0. The van der Waals surface area contributed by atoms with Gasteiger partial charge in [0.2, 0.25) is 6.29 Å². The summed E-state index contributed by atoms with van der Waals surface area (Å²) in [5, 5.41) is 20.4. The van der Waals surface area contributed by atoms with Crippen LogP contribution in [0.15, 0.2) is 10.6 Å². The molecule has 9 heavy (non-hydrogen) atoms. The third-order valence-corrected chi connectivity index (χ3v) is 0.901. The van der Waals surface area contributed by atoms with E-state index in [-0.39, 0.29) is 5.76 Å². The van der Waals surface area contributed by atoms with Gasteiger partial charge in [-0.05, 0) is 6.92 Å². The van der Waals surface area contributed by atoms with Crippen LogP contribution in [0.1, 0.15) is 17.7 Å². The SMILES string of the molecule is Cc1cc(C(O)O)on1. The Balaban J connectivity index is 2.85. The Morgan fingerprint density at radius 3 is 2.56 bits per heavy atom. The van der Waals surface area contributed by atoms with Gasteiger partial charge in [0, 0.05) is 6.07 Å². The molecule has 0 aliphatic rings. The van der Waals surface area contributed by atoms with Crippen molar-refractivity contribution in [1.82, 2.24) is 5.16 Å². The van der Waals surface area contributed by atoms with Gasteiger partial charge in [0.05, 0.1) is 5.69 Å². The summed E-state index contributed by atoms with van der Waals surface area (Å²) >= 11 is 0. The minimum atomic E-state index is -1.55. The van der Waals surface area contributed by atoms with E-state index in [9.17, 15) is 0 Å². The van der Waals surface area contributed by atoms with Gasteiger partial charge in [0.25, 0.3) is 0 Å². The number of nitrogens with zero attached hydrogens (tertiary/aromatic N) is 1. The molecule has 0 aliphatic heterocycles. The number of hydrogen-bond acceptors (Lipinski definition) is 4. The maximum Gasteiger partial charge on any atom is 0.215 e. The fourth-order valence-corrected chi connectivity index (χ4v) is 0.505. The quantitative estimate of drug-likeness (QED) is 0.522. The van der Waals surface area contributed by atoms with E-state index < -0.39 is 6.29 Å². The van der Waals surface area contributed by atoms with E-state index >= 15 is 0 Å². The Labute approximate surface area is 51.7 Å². The molecule has 1 aromatic rings. The van der Waals surface area contributed by atoms with Crippen LogP contribution in [0.3, 0.4) is 0 Å². The van der Waals surface area contributed by atoms with Crippen molar-refractivity contribution in [2.45, 2.75) is 13.2 Å². The molecule has 0 unspecified atom stereocenters. The maximum atomic E-state index is 8.46. The third kappa shape index (κ3) is 1.28. The van der Waals surface area contributed by atoms with Gasteiger partial charge in [-0.25, -0.2) is 0 Å². The van der Waals surface area contributed by atoms with Crippen LogP contribution in [0, 0.1) is 6.92 Å². The molecule has 1 heterocycles. The van der Waals surface area contributed by atoms with E-state index in [0.717, 1.165) is 0 Å². The van der Waals surface area contributed by atoms with Crippen LogP contribution >= 0.6 is 0 Å². The Hall–Kier alpha value is -0.870. The van der Waals surface area contributed by atoms with Crippen LogP contribution in [0.25, 0.3) is 0 Å². The van der Waals surface area contributed by atoms with E-state index in [1.807, 2.05) is 0 Å². The first-order valence-corrected chi connectivity index (χ1v) is 2.49. The van der Waals surface area contributed by atoms with Crippen molar-refractivity contribution in [3.8, 4) is 0 Å². The zero-order valence-electron chi connectivity index (χ0n) is 4.90. The molecule has 50 valence electrons. The summed E-state index contributed by atoms with van der Waals surface area (Å²) in [4.78, 5) is 0. The predicted octanol–water partition coefficient (Wildman–Crippen LogP) is -0.0338. The molecule has 4 heteroatoms. The molecule has 0 saturated carbocycles. The molecule has 0 bridgehead atoms. The van der Waals surface area contributed by atoms with Crippen molar-refractivity contribution in [3.05, 3.63) is 17.5 Å². The lowest BCUT2D eigenvalue weighted by atomic mass is 10.4. The first-order chi connectivity index (χ1) is 4.20. The molecular formula is C5H7NO3. The molecule has 0 amide bonds. The number of hydrogen-bond donors (Lipinski definition) is 2. The summed E-state index contributed by atoms with van der Waals surface area (Å²) in [5.41, 5.74) is 0.637. The Morgan fingerprint density at radius 1 is 1.67 bits per heavy atom. The Bertz CT molecular complexity index is 194. The molecule has 2 N–H and O–H groups in total. The van der Waals surface area contributed by atoms with E-state index in [4.69, 9.17) is 10.2 Å². The molecule has 0 spiro atoms. The second kappa shape index (κ2) is 2.16. The van der Waals surface area contributed by atoms with Gasteiger partial charge in [0.1, 0.15) is 0 Å².